The van der Waals surface area contributed by atoms with Crippen molar-refractivity contribution in [3.63, 3.8) is 0 Å². The van der Waals surface area contributed by atoms with Crippen molar-refractivity contribution in [3.05, 3.63) is 125 Å². The molecule has 4 aromatic carbocycles. The first-order valence-corrected chi connectivity index (χ1v) is 12.2. The monoisotopic (exact) mass is 488 g/mol. The van der Waals surface area contributed by atoms with E-state index in [4.69, 9.17) is 4.99 Å². The summed E-state index contributed by atoms with van der Waals surface area (Å²) in [6.45, 7) is 0.766. The molecule has 6 heteroatoms. The molecule has 0 saturated heterocycles. The maximum absolute atomic E-state index is 13.3. The summed E-state index contributed by atoms with van der Waals surface area (Å²) in [4.78, 5) is 33.2. The zero-order chi connectivity index (χ0) is 25.8. The first kappa shape index (κ1) is 24.2. The molecule has 0 spiro atoms. The molecule has 0 aromatic heterocycles. The SMILES string of the molecule is CNCc1ccc(N=C(c2ccccc2)C2C(=O)Nc3ccc(C(=O)N(C)c4ccccc4)cc32)cc1. The molecular weight excluding hydrogens is 460 g/mol. The van der Waals surface area contributed by atoms with Crippen LogP contribution in [0.15, 0.2) is 108 Å². The van der Waals surface area contributed by atoms with Crippen molar-refractivity contribution >= 4 is 34.6 Å². The number of fused-ring (bicyclic) bond motifs is 1. The second-order valence-corrected chi connectivity index (χ2v) is 8.98. The summed E-state index contributed by atoms with van der Waals surface area (Å²) in [7, 11) is 3.66. The van der Waals surface area contributed by atoms with Gasteiger partial charge in [0.1, 0.15) is 5.92 Å². The molecule has 5 rings (SSSR count). The number of hydrogen-bond acceptors (Lipinski definition) is 4. The predicted molar refractivity (Wildman–Crippen MR) is 149 cm³/mol. The van der Waals surface area contributed by atoms with Gasteiger partial charge in [-0.3, -0.25) is 14.6 Å². The summed E-state index contributed by atoms with van der Waals surface area (Å²) < 4.78 is 0. The number of aliphatic imine (C=N–C) groups is 1. The van der Waals surface area contributed by atoms with Gasteiger partial charge in [0.05, 0.1) is 11.4 Å². The van der Waals surface area contributed by atoms with Crippen LogP contribution < -0.4 is 15.5 Å². The number of anilines is 2. The number of nitrogens with zero attached hydrogens (tertiary/aromatic N) is 2. The predicted octanol–water partition coefficient (Wildman–Crippen LogP) is 5.54. The highest BCUT2D eigenvalue weighted by Gasteiger charge is 2.36. The molecule has 1 aliphatic heterocycles. The molecule has 6 nitrogen and oxygen atoms in total. The van der Waals surface area contributed by atoms with Gasteiger partial charge in [-0.15, -0.1) is 0 Å². The maximum Gasteiger partial charge on any atom is 0.258 e. The molecule has 0 bridgehead atoms. The van der Waals surface area contributed by atoms with Crippen LogP contribution in [-0.2, 0) is 11.3 Å². The van der Waals surface area contributed by atoms with Gasteiger partial charge in [-0.05, 0) is 66.2 Å². The highest BCUT2D eigenvalue weighted by Crippen LogP contribution is 2.37. The third kappa shape index (κ3) is 5.06. The summed E-state index contributed by atoms with van der Waals surface area (Å²) in [6.07, 6.45) is 0. The number of carbonyl (C=O) groups excluding carboxylic acids is 2. The van der Waals surface area contributed by atoms with Crippen molar-refractivity contribution < 1.29 is 9.59 Å². The minimum absolute atomic E-state index is 0.148. The van der Waals surface area contributed by atoms with Gasteiger partial charge in [-0.2, -0.15) is 0 Å². The van der Waals surface area contributed by atoms with Crippen molar-refractivity contribution in [2.24, 2.45) is 4.99 Å². The summed E-state index contributed by atoms with van der Waals surface area (Å²) >= 11 is 0. The van der Waals surface area contributed by atoms with Crippen molar-refractivity contribution in [3.8, 4) is 0 Å². The quantitative estimate of drug-likeness (QED) is 0.336. The van der Waals surface area contributed by atoms with Crippen LogP contribution in [0.3, 0.4) is 0 Å². The Hall–Kier alpha value is -4.55. The fourth-order valence-corrected chi connectivity index (χ4v) is 4.56. The van der Waals surface area contributed by atoms with Crippen molar-refractivity contribution in [2.75, 3.05) is 24.3 Å². The van der Waals surface area contributed by atoms with Crippen LogP contribution >= 0.6 is 0 Å². The topological polar surface area (TPSA) is 73.8 Å². The van der Waals surface area contributed by atoms with E-state index in [0.29, 0.717) is 17.0 Å². The molecule has 37 heavy (non-hydrogen) atoms. The van der Waals surface area contributed by atoms with Crippen LogP contribution in [0.5, 0.6) is 0 Å². The molecule has 0 aliphatic carbocycles. The van der Waals surface area contributed by atoms with Crippen LogP contribution in [0.25, 0.3) is 0 Å². The van der Waals surface area contributed by atoms with Gasteiger partial charge in [0.25, 0.3) is 5.91 Å². The summed E-state index contributed by atoms with van der Waals surface area (Å²) in [5.41, 5.74) is 6.15. The van der Waals surface area contributed by atoms with E-state index in [0.717, 1.165) is 34.6 Å². The average molecular weight is 489 g/mol. The van der Waals surface area contributed by atoms with Gasteiger partial charge in [0.15, 0.2) is 0 Å². The Morgan fingerprint density at radius 3 is 2.24 bits per heavy atom. The first-order valence-electron chi connectivity index (χ1n) is 12.2. The average Bonchev–Trinajstić information content (AvgIpc) is 3.27. The molecule has 2 N–H and O–H groups in total. The molecule has 0 radical (unpaired) electrons. The smallest absolute Gasteiger partial charge is 0.258 e. The van der Waals surface area contributed by atoms with Crippen LogP contribution in [0.1, 0.15) is 33.0 Å². The van der Waals surface area contributed by atoms with E-state index in [2.05, 4.69) is 10.6 Å². The van der Waals surface area contributed by atoms with Gasteiger partial charge in [-0.1, -0.05) is 60.7 Å². The Balaban J connectivity index is 1.55. The van der Waals surface area contributed by atoms with E-state index in [1.165, 1.54) is 0 Å². The lowest BCUT2D eigenvalue weighted by Crippen LogP contribution is -2.26. The summed E-state index contributed by atoms with van der Waals surface area (Å²) in [5.74, 6) is -0.958. The number of amides is 2. The Labute approximate surface area is 216 Å². The zero-order valence-corrected chi connectivity index (χ0v) is 20.8. The molecule has 184 valence electrons. The lowest BCUT2D eigenvalue weighted by molar-refractivity contribution is -0.115. The molecular formula is C31H28N4O2. The lowest BCUT2D eigenvalue weighted by atomic mass is 9.89. The van der Waals surface area contributed by atoms with Gasteiger partial charge in [0.2, 0.25) is 5.91 Å². The molecule has 0 fully saturated rings. The van der Waals surface area contributed by atoms with E-state index in [1.54, 1.807) is 24.1 Å². The van der Waals surface area contributed by atoms with E-state index < -0.39 is 5.92 Å². The van der Waals surface area contributed by atoms with Crippen molar-refractivity contribution in [2.45, 2.75) is 12.5 Å². The Morgan fingerprint density at radius 1 is 0.892 bits per heavy atom. The van der Waals surface area contributed by atoms with Crippen molar-refractivity contribution in [1.29, 1.82) is 0 Å². The number of benzene rings is 4. The number of rotatable bonds is 7. The Morgan fingerprint density at radius 2 is 1.57 bits per heavy atom. The highest BCUT2D eigenvalue weighted by atomic mass is 16.2. The number of para-hydroxylation sites is 1. The van der Waals surface area contributed by atoms with E-state index >= 15 is 0 Å². The van der Waals surface area contributed by atoms with E-state index in [9.17, 15) is 9.59 Å². The third-order valence-electron chi connectivity index (χ3n) is 6.49. The standard InChI is InChI=1S/C31H28N4O2/c1-32-20-21-13-16-24(17-14-21)33-29(22-9-5-3-6-10-22)28-26-19-23(15-18-27(26)34-30(28)36)31(37)35(2)25-11-7-4-8-12-25/h3-19,28,32H,20H2,1-2H3,(H,34,36). The lowest BCUT2D eigenvalue weighted by Gasteiger charge is -2.18. The number of hydrogen-bond donors (Lipinski definition) is 2. The van der Waals surface area contributed by atoms with Crippen LogP contribution in [0, 0.1) is 0 Å². The van der Waals surface area contributed by atoms with E-state index in [1.807, 2.05) is 98.0 Å². The number of nitrogens with one attached hydrogen (secondary N) is 2. The second-order valence-electron chi connectivity index (χ2n) is 8.98. The van der Waals surface area contributed by atoms with Crippen LogP contribution in [0.4, 0.5) is 17.1 Å². The molecule has 1 aliphatic rings. The second kappa shape index (κ2) is 10.6. The zero-order valence-electron chi connectivity index (χ0n) is 20.8. The minimum Gasteiger partial charge on any atom is -0.325 e. The normalized spacial score (nSPS) is 14.7. The summed E-state index contributed by atoms with van der Waals surface area (Å²) in [6, 6.07) is 32.5. The molecule has 1 unspecified atom stereocenters. The van der Waals surface area contributed by atoms with Gasteiger partial charge < -0.3 is 15.5 Å². The first-order chi connectivity index (χ1) is 18.0. The van der Waals surface area contributed by atoms with Gasteiger partial charge in [0, 0.05) is 30.5 Å². The van der Waals surface area contributed by atoms with Crippen molar-refractivity contribution in [1.82, 2.24) is 5.32 Å². The fraction of sp³-hybridized carbons (Fsp3) is 0.129. The third-order valence-corrected chi connectivity index (χ3v) is 6.49. The minimum atomic E-state index is -0.649. The number of carbonyl (C=O) groups is 2. The molecule has 1 atom stereocenters. The van der Waals surface area contributed by atoms with Gasteiger partial charge >= 0.3 is 0 Å². The Kier molecular flexibility index (Phi) is 6.92. The summed E-state index contributed by atoms with van der Waals surface area (Å²) in [5, 5.41) is 6.13. The Bertz CT molecular complexity index is 1450. The molecule has 4 aromatic rings. The molecule has 0 saturated carbocycles. The molecule has 1 heterocycles. The largest absolute Gasteiger partial charge is 0.325 e. The van der Waals surface area contributed by atoms with Crippen LogP contribution in [-0.4, -0.2) is 31.6 Å². The maximum atomic E-state index is 13.3. The van der Waals surface area contributed by atoms with Gasteiger partial charge in [-0.25, -0.2) is 0 Å². The van der Waals surface area contributed by atoms with Crippen LogP contribution in [0.2, 0.25) is 0 Å². The van der Waals surface area contributed by atoms with E-state index in [-0.39, 0.29) is 11.8 Å². The highest BCUT2D eigenvalue weighted by molar-refractivity contribution is 6.24. The molecule has 2 amide bonds. The fourth-order valence-electron chi connectivity index (χ4n) is 4.56.